The van der Waals surface area contributed by atoms with E-state index in [9.17, 15) is 9.90 Å². The maximum absolute atomic E-state index is 12.4. The Labute approximate surface area is 128 Å². The van der Waals surface area contributed by atoms with Gasteiger partial charge in [0.2, 0.25) is 5.75 Å². The number of ether oxygens (including phenoxy) is 3. The summed E-state index contributed by atoms with van der Waals surface area (Å²) in [6.07, 6.45) is -0.209. The molecule has 0 aliphatic carbocycles. The second-order valence-corrected chi connectivity index (χ2v) is 4.98. The van der Waals surface area contributed by atoms with Gasteiger partial charge in [-0.05, 0) is 5.56 Å². The first kappa shape index (κ1) is 14.3. The van der Waals surface area contributed by atoms with E-state index in [2.05, 4.69) is 0 Å². The monoisotopic (exact) mass is 300 g/mol. The van der Waals surface area contributed by atoms with Gasteiger partial charge in [0.15, 0.2) is 17.3 Å². The van der Waals surface area contributed by atoms with Crippen molar-refractivity contribution in [3.8, 4) is 23.0 Å². The van der Waals surface area contributed by atoms with Crippen LogP contribution >= 0.6 is 0 Å². The van der Waals surface area contributed by atoms with E-state index in [1.807, 2.05) is 30.3 Å². The van der Waals surface area contributed by atoms with Crippen LogP contribution in [0.1, 0.15) is 28.4 Å². The van der Waals surface area contributed by atoms with Gasteiger partial charge in [-0.2, -0.15) is 0 Å². The molecule has 3 rings (SSSR count). The number of carbonyl (C=O) groups is 1. The van der Waals surface area contributed by atoms with Crippen molar-refractivity contribution in [3.63, 3.8) is 0 Å². The molecule has 0 saturated carbocycles. The summed E-state index contributed by atoms with van der Waals surface area (Å²) in [4.78, 5) is 12.4. The third kappa shape index (κ3) is 2.24. The Bertz CT molecular complexity index is 709. The second kappa shape index (κ2) is 5.60. The third-order valence-corrected chi connectivity index (χ3v) is 3.70. The van der Waals surface area contributed by atoms with Gasteiger partial charge >= 0.3 is 0 Å². The van der Waals surface area contributed by atoms with Gasteiger partial charge in [-0.1, -0.05) is 30.3 Å². The molecule has 0 amide bonds. The summed E-state index contributed by atoms with van der Waals surface area (Å²) in [5.74, 6) is 0.332. The minimum Gasteiger partial charge on any atom is -0.504 e. The quantitative estimate of drug-likeness (QED) is 0.943. The molecule has 0 saturated heterocycles. The van der Waals surface area contributed by atoms with E-state index in [4.69, 9.17) is 14.2 Å². The zero-order chi connectivity index (χ0) is 15.7. The summed E-state index contributed by atoms with van der Waals surface area (Å²) in [7, 11) is 2.87. The van der Waals surface area contributed by atoms with Gasteiger partial charge in [-0.25, -0.2) is 0 Å². The first-order chi connectivity index (χ1) is 10.7. The second-order valence-electron chi connectivity index (χ2n) is 4.98. The number of rotatable bonds is 3. The van der Waals surface area contributed by atoms with E-state index in [0.29, 0.717) is 11.5 Å². The summed E-state index contributed by atoms with van der Waals surface area (Å²) in [5.41, 5.74) is 1.06. The molecular formula is C17H16O5. The summed E-state index contributed by atoms with van der Waals surface area (Å²) in [6.45, 7) is 0. The lowest BCUT2D eigenvalue weighted by molar-refractivity contribution is 0.0843. The number of fused-ring (bicyclic) bond motifs is 1. The van der Waals surface area contributed by atoms with Crippen LogP contribution in [0.4, 0.5) is 0 Å². The average Bonchev–Trinajstić information content (AvgIpc) is 2.54. The molecule has 0 fully saturated rings. The molecule has 0 radical (unpaired) electrons. The lowest BCUT2D eigenvalue weighted by Gasteiger charge is -2.27. The van der Waals surface area contributed by atoms with Crippen LogP contribution in [0.25, 0.3) is 0 Å². The van der Waals surface area contributed by atoms with Gasteiger partial charge in [0.1, 0.15) is 17.4 Å². The highest BCUT2D eigenvalue weighted by Gasteiger charge is 2.33. The van der Waals surface area contributed by atoms with Crippen LogP contribution in [0.5, 0.6) is 23.0 Å². The first-order valence-electron chi connectivity index (χ1n) is 6.88. The van der Waals surface area contributed by atoms with E-state index < -0.39 is 0 Å². The van der Waals surface area contributed by atoms with Gasteiger partial charge in [-0.3, -0.25) is 4.79 Å². The van der Waals surface area contributed by atoms with E-state index in [1.54, 1.807) is 6.07 Å². The number of hydrogen-bond donors (Lipinski definition) is 1. The van der Waals surface area contributed by atoms with Crippen LogP contribution in [0.2, 0.25) is 0 Å². The Morgan fingerprint density at radius 2 is 1.91 bits per heavy atom. The predicted molar refractivity (Wildman–Crippen MR) is 80.0 cm³/mol. The van der Waals surface area contributed by atoms with E-state index >= 15 is 0 Å². The number of ketones is 1. The minimum atomic E-state index is -0.376. The number of phenolic OH excluding ortho intramolecular Hbond substituents is 1. The van der Waals surface area contributed by atoms with Crippen molar-refractivity contribution in [2.75, 3.05) is 14.2 Å². The Morgan fingerprint density at radius 3 is 2.55 bits per heavy atom. The molecule has 1 unspecified atom stereocenters. The number of phenols is 1. The maximum atomic E-state index is 12.4. The minimum absolute atomic E-state index is 0.136. The van der Waals surface area contributed by atoms with E-state index in [-0.39, 0.29) is 35.4 Å². The fraction of sp³-hybridized carbons (Fsp3) is 0.235. The average molecular weight is 300 g/mol. The predicted octanol–water partition coefficient (Wildman–Crippen LogP) is 3.12. The highest BCUT2D eigenvalue weighted by atomic mass is 16.5. The first-order valence-corrected chi connectivity index (χ1v) is 6.88. The smallest absolute Gasteiger partial charge is 0.204 e. The molecular weight excluding hydrogens is 284 g/mol. The Balaban J connectivity index is 2.07. The standard InChI is InChI=1S/C17H16O5/c1-20-14-9-13-15(16(19)17(14)21-2)11(18)8-12(22-13)10-6-4-3-5-7-10/h3-7,9,12,19H,8H2,1-2H3. The molecule has 0 spiro atoms. The normalized spacial score (nSPS) is 16.6. The molecule has 1 aliphatic rings. The highest BCUT2D eigenvalue weighted by molar-refractivity contribution is 6.03. The van der Waals surface area contributed by atoms with Crippen molar-refractivity contribution in [1.29, 1.82) is 0 Å². The van der Waals surface area contributed by atoms with Gasteiger partial charge in [0.05, 0.1) is 20.6 Å². The summed E-state index contributed by atoms with van der Waals surface area (Å²) < 4.78 is 16.2. The molecule has 114 valence electrons. The maximum Gasteiger partial charge on any atom is 0.204 e. The summed E-state index contributed by atoms with van der Waals surface area (Å²) >= 11 is 0. The van der Waals surface area contributed by atoms with Crippen LogP contribution in [-0.2, 0) is 0 Å². The number of aromatic hydroxyl groups is 1. The van der Waals surface area contributed by atoms with Crippen LogP contribution in [-0.4, -0.2) is 25.1 Å². The fourth-order valence-electron chi connectivity index (χ4n) is 2.63. The molecule has 2 aromatic rings. The van der Waals surface area contributed by atoms with Crippen molar-refractivity contribution >= 4 is 5.78 Å². The van der Waals surface area contributed by atoms with E-state index in [0.717, 1.165) is 5.56 Å². The van der Waals surface area contributed by atoms with Crippen LogP contribution in [0.3, 0.4) is 0 Å². The third-order valence-electron chi connectivity index (χ3n) is 3.70. The molecule has 1 heterocycles. The van der Waals surface area contributed by atoms with Crippen LogP contribution < -0.4 is 14.2 Å². The Kier molecular flexibility index (Phi) is 3.63. The zero-order valence-electron chi connectivity index (χ0n) is 12.3. The van der Waals surface area contributed by atoms with E-state index in [1.165, 1.54) is 14.2 Å². The molecule has 0 aromatic heterocycles. The molecule has 0 bridgehead atoms. The Hall–Kier alpha value is -2.69. The molecule has 1 aliphatic heterocycles. The fourth-order valence-corrected chi connectivity index (χ4v) is 2.63. The van der Waals surface area contributed by atoms with Gasteiger partial charge in [0, 0.05) is 6.07 Å². The Morgan fingerprint density at radius 1 is 1.18 bits per heavy atom. The summed E-state index contributed by atoms with van der Waals surface area (Å²) in [6, 6.07) is 11.1. The van der Waals surface area contributed by atoms with Crippen molar-refractivity contribution in [1.82, 2.24) is 0 Å². The van der Waals surface area contributed by atoms with Gasteiger partial charge in [-0.15, -0.1) is 0 Å². The van der Waals surface area contributed by atoms with Crippen LogP contribution in [0.15, 0.2) is 36.4 Å². The molecule has 22 heavy (non-hydrogen) atoms. The zero-order valence-corrected chi connectivity index (χ0v) is 12.3. The number of benzene rings is 2. The molecule has 2 aromatic carbocycles. The molecule has 1 atom stereocenters. The highest BCUT2D eigenvalue weighted by Crippen LogP contribution is 2.48. The number of methoxy groups -OCH3 is 2. The van der Waals surface area contributed by atoms with Crippen molar-refractivity contribution < 1.29 is 24.1 Å². The molecule has 5 nitrogen and oxygen atoms in total. The number of hydrogen-bond acceptors (Lipinski definition) is 5. The van der Waals surface area contributed by atoms with Crippen molar-refractivity contribution in [2.24, 2.45) is 0 Å². The largest absolute Gasteiger partial charge is 0.504 e. The van der Waals surface area contributed by atoms with Crippen LogP contribution in [0, 0.1) is 0 Å². The van der Waals surface area contributed by atoms with Gasteiger partial charge < -0.3 is 19.3 Å². The molecule has 5 heteroatoms. The summed E-state index contributed by atoms with van der Waals surface area (Å²) in [5, 5.41) is 10.3. The van der Waals surface area contributed by atoms with Gasteiger partial charge in [0.25, 0.3) is 0 Å². The number of carbonyl (C=O) groups excluding carboxylic acids is 1. The SMILES string of the molecule is COc1cc2c(c(O)c1OC)C(=O)CC(c1ccccc1)O2. The lowest BCUT2D eigenvalue weighted by Crippen LogP contribution is -2.20. The molecule has 1 N–H and O–H groups in total. The lowest BCUT2D eigenvalue weighted by atomic mass is 9.95. The van der Waals surface area contributed by atoms with Crippen molar-refractivity contribution in [3.05, 3.63) is 47.5 Å². The van der Waals surface area contributed by atoms with Crippen molar-refractivity contribution in [2.45, 2.75) is 12.5 Å². The number of Topliss-reactive ketones (excluding diaryl/α,β-unsaturated/α-hetero) is 1. The topological polar surface area (TPSA) is 65.0 Å².